The van der Waals surface area contributed by atoms with Gasteiger partial charge in [-0.05, 0) is 12.3 Å². The predicted octanol–water partition coefficient (Wildman–Crippen LogP) is -3.18. The third-order valence-corrected chi connectivity index (χ3v) is 2.53. The molecule has 0 aliphatic rings. The van der Waals surface area contributed by atoms with Crippen LogP contribution in [0.1, 0.15) is 26.2 Å². The first-order chi connectivity index (χ1) is 7.72. The van der Waals surface area contributed by atoms with Gasteiger partial charge in [0.05, 0.1) is 27.7 Å². The molecule has 0 radical (unpaired) electrons. The van der Waals surface area contributed by atoms with Gasteiger partial charge in [-0.15, -0.1) is 0 Å². The smallest absolute Gasteiger partial charge is 0.550 e. The number of carbonyl (C=O) groups excluding carboxylic acids is 2. The van der Waals surface area contributed by atoms with E-state index in [1.165, 1.54) is 0 Å². The predicted molar refractivity (Wildman–Crippen MR) is 70.3 cm³/mol. The Morgan fingerprint density at radius 1 is 1.26 bits per heavy atom. The summed E-state index contributed by atoms with van der Waals surface area (Å²) in [5.74, 6) is -1.74. The first-order valence-electron chi connectivity index (χ1n) is 6.00. The Hall–Kier alpha value is -0.100. The van der Waals surface area contributed by atoms with E-state index in [-0.39, 0.29) is 49.3 Å². The maximum absolute atomic E-state index is 11.4. The van der Waals surface area contributed by atoms with E-state index in [2.05, 4.69) is 26.5 Å². The summed E-state index contributed by atoms with van der Waals surface area (Å²) in [6.45, 7) is 3.20. The van der Waals surface area contributed by atoms with Crippen molar-refractivity contribution in [2.24, 2.45) is 5.92 Å². The van der Waals surface area contributed by atoms with E-state index in [1.54, 1.807) is 6.92 Å². The molecule has 0 aliphatic carbocycles. The number of carbonyl (C=O) groups is 2. The van der Waals surface area contributed by atoms with Gasteiger partial charge in [-0.2, -0.15) is 0 Å². The average Bonchev–Trinajstić information content (AvgIpc) is 2.19. The van der Waals surface area contributed by atoms with Crippen molar-refractivity contribution in [3.8, 4) is 0 Å². The van der Waals surface area contributed by atoms with Crippen LogP contribution in [-0.4, -0.2) is 50.6 Å². The molecular weight excluding hydrogens is 255 g/mol. The maximum Gasteiger partial charge on any atom is 1.00 e. The number of nitrogens with zero attached hydrogens (tertiary/aromatic N) is 1. The molecule has 1 amide bonds. The van der Waals surface area contributed by atoms with Gasteiger partial charge in [0.25, 0.3) is 0 Å². The molecule has 0 bridgehead atoms. The molecule has 0 aromatic carbocycles. The molecule has 1 atom stereocenters. The quantitative estimate of drug-likeness (QED) is 0.221. The average molecular weight is 282 g/mol. The number of aliphatic carboxylic acids is 1. The first kappa shape index (κ1) is 24.0. The van der Waals surface area contributed by atoms with Crippen molar-refractivity contribution in [2.75, 3.05) is 34.2 Å². The van der Waals surface area contributed by atoms with Crippen molar-refractivity contribution in [3.63, 3.8) is 0 Å². The van der Waals surface area contributed by atoms with Gasteiger partial charge in [0.15, 0.2) is 0 Å². The van der Waals surface area contributed by atoms with Crippen molar-refractivity contribution in [1.29, 1.82) is 0 Å². The molecule has 108 valence electrons. The van der Waals surface area contributed by atoms with E-state index in [1.807, 2.05) is 0 Å². The standard InChI is InChI=1S/C12H24N2O3.CH3.Na/c1-10(12(16)17)6-7-11(15)13-8-5-9-14(2,3)4;;/h10H,5-9H2,1-4H3,(H-,13,15,16,17);1H3;/q;-1;+1. The molecule has 0 aromatic rings. The molecule has 1 unspecified atom stereocenters. The van der Waals surface area contributed by atoms with E-state index in [0.29, 0.717) is 13.0 Å². The minimum atomic E-state index is -1.09. The van der Waals surface area contributed by atoms with E-state index in [0.717, 1.165) is 17.4 Å². The number of amides is 1. The molecule has 0 saturated carbocycles. The number of hydrogen-bond donors (Lipinski definition) is 1. The molecule has 0 rings (SSSR count). The number of rotatable bonds is 8. The van der Waals surface area contributed by atoms with Crippen molar-refractivity contribution < 1.29 is 48.7 Å². The van der Waals surface area contributed by atoms with Crippen LogP contribution in [-0.2, 0) is 9.59 Å². The molecule has 5 nitrogen and oxygen atoms in total. The van der Waals surface area contributed by atoms with Gasteiger partial charge in [0, 0.05) is 25.4 Å². The zero-order valence-electron chi connectivity index (χ0n) is 13.3. The van der Waals surface area contributed by atoms with Crippen molar-refractivity contribution in [3.05, 3.63) is 7.43 Å². The second kappa shape index (κ2) is 11.7. The summed E-state index contributed by atoms with van der Waals surface area (Å²) in [5.41, 5.74) is 0. The fourth-order valence-corrected chi connectivity index (χ4v) is 1.34. The maximum atomic E-state index is 11.4. The summed E-state index contributed by atoms with van der Waals surface area (Å²) in [6, 6.07) is 0. The summed E-state index contributed by atoms with van der Waals surface area (Å²) in [6.07, 6.45) is 1.51. The van der Waals surface area contributed by atoms with Gasteiger partial charge in [0.2, 0.25) is 5.91 Å². The fraction of sp³-hybridized carbons (Fsp3) is 0.769. The summed E-state index contributed by atoms with van der Waals surface area (Å²) in [7, 11) is 6.30. The number of carboxylic acids is 1. The van der Waals surface area contributed by atoms with E-state index < -0.39 is 11.9 Å². The Bertz CT molecular complexity index is 265. The minimum absolute atomic E-state index is 0. The topological polar surface area (TPSA) is 69.2 Å². The summed E-state index contributed by atoms with van der Waals surface area (Å²) >= 11 is 0. The van der Waals surface area contributed by atoms with Gasteiger partial charge in [0.1, 0.15) is 0 Å². The Labute approximate surface area is 139 Å². The normalized spacial score (nSPS) is 11.8. The van der Waals surface area contributed by atoms with E-state index in [9.17, 15) is 14.7 Å². The zero-order valence-corrected chi connectivity index (χ0v) is 15.3. The van der Waals surface area contributed by atoms with Gasteiger partial charge in [-0.1, -0.05) is 6.92 Å². The van der Waals surface area contributed by atoms with Gasteiger partial charge in [-0.3, -0.25) is 4.79 Å². The molecule has 0 spiro atoms. The summed E-state index contributed by atoms with van der Waals surface area (Å²) < 4.78 is 0.873. The fourth-order valence-electron chi connectivity index (χ4n) is 1.34. The molecule has 0 fully saturated rings. The largest absolute Gasteiger partial charge is 1.00 e. The van der Waals surface area contributed by atoms with E-state index in [4.69, 9.17) is 0 Å². The molecule has 0 heterocycles. The van der Waals surface area contributed by atoms with Crippen LogP contribution in [0, 0.1) is 13.3 Å². The second-order valence-corrected chi connectivity index (χ2v) is 5.48. The molecule has 6 heteroatoms. The molecular formula is C13H27N2NaO3. The molecule has 1 N–H and O–H groups in total. The Morgan fingerprint density at radius 2 is 1.79 bits per heavy atom. The number of hydrogen-bond acceptors (Lipinski definition) is 3. The van der Waals surface area contributed by atoms with Crippen LogP contribution in [0.2, 0.25) is 0 Å². The third-order valence-electron chi connectivity index (χ3n) is 2.53. The Kier molecular flexibility index (Phi) is 14.8. The summed E-state index contributed by atoms with van der Waals surface area (Å²) in [5, 5.41) is 13.2. The number of carboxylic acid groups (broad SMARTS) is 1. The van der Waals surface area contributed by atoms with Crippen LogP contribution in [0.25, 0.3) is 0 Å². The third kappa shape index (κ3) is 15.8. The molecule has 0 aromatic heterocycles. The van der Waals surface area contributed by atoms with Crippen LogP contribution in [0.15, 0.2) is 0 Å². The minimum Gasteiger partial charge on any atom is -0.550 e. The Balaban J connectivity index is -0.00000128. The first-order valence-corrected chi connectivity index (χ1v) is 6.00. The van der Waals surface area contributed by atoms with Crippen LogP contribution >= 0.6 is 0 Å². The van der Waals surface area contributed by atoms with Crippen molar-refractivity contribution in [2.45, 2.75) is 26.2 Å². The van der Waals surface area contributed by atoms with Crippen LogP contribution in [0.4, 0.5) is 0 Å². The van der Waals surface area contributed by atoms with Gasteiger partial charge >= 0.3 is 29.6 Å². The SMILES string of the molecule is CC(CCC(=O)NCCC[N+](C)(C)C)C(=O)[O-].[CH3-].[Na+]. The molecule has 19 heavy (non-hydrogen) atoms. The van der Waals surface area contributed by atoms with Crippen LogP contribution < -0.4 is 40.0 Å². The number of nitrogens with one attached hydrogen (secondary N) is 1. The second-order valence-electron chi connectivity index (χ2n) is 5.48. The summed E-state index contributed by atoms with van der Waals surface area (Å²) in [4.78, 5) is 21.8. The molecule has 0 saturated heterocycles. The molecule has 0 aliphatic heterocycles. The van der Waals surface area contributed by atoms with Crippen molar-refractivity contribution in [1.82, 2.24) is 5.32 Å². The van der Waals surface area contributed by atoms with Gasteiger partial charge in [-0.25, -0.2) is 0 Å². The van der Waals surface area contributed by atoms with Crippen LogP contribution in [0.5, 0.6) is 0 Å². The van der Waals surface area contributed by atoms with Crippen LogP contribution in [0.3, 0.4) is 0 Å². The zero-order chi connectivity index (χ0) is 13.5. The monoisotopic (exact) mass is 282 g/mol. The van der Waals surface area contributed by atoms with Crippen molar-refractivity contribution >= 4 is 11.9 Å². The Morgan fingerprint density at radius 3 is 2.21 bits per heavy atom. The van der Waals surface area contributed by atoms with Gasteiger partial charge < -0.3 is 27.1 Å². The van der Waals surface area contributed by atoms with E-state index >= 15 is 0 Å². The number of quaternary nitrogens is 1.